The van der Waals surface area contributed by atoms with E-state index in [-0.39, 0.29) is 5.56 Å². The first-order valence-electron chi connectivity index (χ1n) is 5.19. The van der Waals surface area contributed by atoms with Gasteiger partial charge in [-0.15, -0.1) is 0 Å². The summed E-state index contributed by atoms with van der Waals surface area (Å²) in [6, 6.07) is 11.1. The first-order chi connectivity index (χ1) is 8.58. The smallest absolute Gasteiger partial charge is 0.259 e. The summed E-state index contributed by atoms with van der Waals surface area (Å²) >= 11 is 3.15. The van der Waals surface area contributed by atoms with Crippen molar-refractivity contribution in [2.45, 2.75) is 0 Å². The molecule has 0 aromatic heterocycles. The van der Waals surface area contributed by atoms with Gasteiger partial charge >= 0.3 is 0 Å². The van der Waals surface area contributed by atoms with Crippen LogP contribution in [0.1, 0.15) is 10.4 Å². The summed E-state index contributed by atoms with van der Waals surface area (Å²) in [5.41, 5.74) is 6.62. The molecule has 3 nitrogen and oxygen atoms in total. The van der Waals surface area contributed by atoms with Crippen molar-refractivity contribution in [2.24, 2.45) is 0 Å². The highest BCUT2D eigenvalue weighted by atomic mass is 79.9. The Labute approximate surface area is 112 Å². The normalized spacial score (nSPS) is 10.1. The Hall–Kier alpha value is -1.88. The standard InChI is InChI=1S/C13H10BrFN2O/c14-10-5-2-6-11(15)12(10)13(18)17-9-4-1-3-8(16)7-9/h1-7H,16H2,(H,17,18). The fraction of sp³-hybridized carbons (Fsp3) is 0. The van der Waals surface area contributed by atoms with Gasteiger partial charge in [0.05, 0.1) is 5.56 Å². The van der Waals surface area contributed by atoms with E-state index in [1.165, 1.54) is 12.1 Å². The predicted octanol–water partition coefficient (Wildman–Crippen LogP) is 3.42. The maximum atomic E-state index is 13.6. The van der Waals surface area contributed by atoms with Crippen molar-refractivity contribution < 1.29 is 9.18 Å². The molecule has 92 valence electrons. The van der Waals surface area contributed by atoms with E-state index in [0.717, 1.165) is 0 Å². The van der Waals surface area contributed by atoms with Crippen LogP contribution < -0.4 is 11.1 Å². The maximum Gasteiger partial charge on any atom is 0.259 e. The van der Waals surface area contributed by atoms with Crippen molar-refractivity contribution in [1.82, 2.24) is 0 Å². The second-order valence-corrected chi connectivity index (χ2v) is 4.53. The molecule has 0 fully saturated rings. The molecular formula is C13H10BrFN2O. The molecule has 0 bridgehead atoms. The molecule has 2 aromatic carbocycles. The minimum atomic E-state index is -0.578. The van der Waals surface area contributed by atoms with Gasteiger partial charge in [0.2, 0.25) is 0 Å². The van der Waals surface area contributed by atoms with Crippen molar-refractivity contribution in [1.29, 1.82) is 0 Å². The fourth-order valence-electron chi connectivity index (χ4n) is 1.52. The lowest BCUT2D eigenvalue weighted by molar-refractivity contribution is 0.102. The van der Waals surface area contributed by atoms with Gasteiger partial charge in [-0.3, -0.25) is 4.79 Å². The minimum absolute atomic E-state index is 0.0278. The van der Waals surface area contributed by atoms with Gasteiger partial charge in [0.15, 0.2) is 0 Å². The largest absolute Gasteiger partial charge is 0.399 e. The molecule has 1 amide bonds. The molecule has 2 rings (SSSR count). The number of nitrogens with one attached hydrogen (secondary N) is 1. The van der Waals surface area contributed by atoms with Crippen molar-refractivity contribution in [3.05, 3.63) is 58.3 Å². The van der Waals surface area contributed by atoms with Crippen molar-refractivity contribution in [3.8, 4) is 0 Å². The van der Waals surface area contributed by atoms with Crippen molar-refractivity contribution in [2.75, 3.05) is 11.1 Å². The Morgan fingerprint density at radius 3 is 2.61 bits per heavy atom. The summed E-state index contributed by atoms with van der Waals surface area (Å²) in [7, 11) is 0. The Balaban J connectivity index is 2.28. The minimum Gasteiger partial charge on any atom is -0.399 e. The SMILES string of the molecule is Nc1cccc(NC(=O)c2c(F)cccc2Br)c1. The van der Waals surface area contributed by atoms with Crippen LogP contribution in [0.3, 0.4) is 0 Å². The van der Waals surface area contributed by atoms with Gasteiger partial charge in [-0.05, 0) is 46.3 Å². The number of hydrogen-bond donors (Lipinski definition) is 2. The second kappa shape index (κ2) is 5.18. The molecule has 0 spiro atoms. The fourth-order valence-corrected chi connectivity index (χ4v) is 2.05. The number of anilines is 2. The number of nitrogens with two attached hydrogens (primary N) is 1. The number of rotatable bonds is 2. The molecule has 0 unspecified atom stereocenters. The Morgan fingerprint density at radius 1 is 1.22 bits per heavy atom. The lowest BCUT2D eigenvalue weighted by atomic mass is 10.2. The third-order valence-electron chi connectivity index (χ3n) is 2.33. The molecule has 0 aliphatic carbocycles. The van der Waals surface area contributed by atoms with Gasteiger partial charge in [-0.2, -0.15) is 0 Å². The molecule has 2 aromatic rings. The average Bonchev–Trinajstić information content (AvgIpc) is 2.28. The number of amides is 1. The van der Waals surface area contributed by atoms with E-state index in [1.54, 1.807) is 30.3 Å². The summed E-state index contributed by atoms with van der Waals surface area (Å²) in [6.45, 7) is 0. The number of nitrogen functional groups attached to an aromatic ring is 1. The summed E-state index contributed by atoms with van der Waals surface area (Å²) in [5, 5.41) is 2.59. The van der Waals surface area contributed by atoms with Gasteiger partial charge in [-0.25, -0.2) is 4.39 Å². The Morgan fingerprint density at radius 2 is 1.94 bits per heavy atom. The monoisotopic (exact) mass is 308 g/mol. The molecule has 3 N–H and O–H groups in total. The number of carbonyl (C=O) groups is 1. The highest BCUT2D eigenvalue weighted by molar-refractivity contribution is 9.10. The average molecular weight is 309 g/mol. The maximum absolute atomic E-state index is 13.6. The van der Waals surface area contributed by atoms with Crippen LogP contribution in [0, 0.1) is 5.82 Å². The lowest BCUT2D eigenvalue weighted by Crippen LogP contribution is -2.14. The van der Waals surface area contributed by atoms with Crippen molar-refractivity contribution >= 4 is 33.2 Å². The van der Waals surface area contributed by atoms with E-state index in [0.29, 0.717) is 15.8 Å². The summed E-state index contributed by atoms with van der Waals surface area (Å²) < 4.78 is 14.0. The molecule has 5 heteroatoms. The molecule has 0 heterocycles. The molecule has 0 saturated heterocycles. The van der Waals surface area contributed by atoms with Crippen LogP contribution in [0.5, 0.6) is 0 Å². The Bertz CT molecular complexity index is 581. The summed E-state index contributed by atoms with van der Waals surface area (Å²) in [5.74, 6) is -1.10. The third kappa shape index (κ3) is 2.68. The van der Waals surface area contributed by atoms with E-state index in [9.17, 15) is 9.18 Å². The number of carbonyl (C=O) groups excluding carboxylic acids is 1. The zero-order valence-corrected chi connectivity index (χ0v) is 10.9. The lowest BCUT2D eigenvalue weighted by Gasteiger charge is -2.08. The first-order valence-corrected chi connectivity index (χ1v) is 5.98. The van der Waals surface area contributed by atoms with Gasteiger partial charge in [0, 0.05) is 15.8 Å². The highest BCUT2D eigenvalue weighted by Gasteiger charge is 2.15. The summed E-state index contributed by atoms with van der Waals surface area (Å²) in [4.78, 5) is 11.9. The molecule has 0 aliphatic heterocycles. The molecule has 0 saturated carbocycles. The van der Waals surface area contributed by atoms with Crippen LogP contribution in [-0.2, 0) is 0 Å². The first kappa shape index (κ1) is 12.6. The molecule has 0 atom stereocenters. The summed E-state index contributed by atoms with van der Waals surface area (Å²) in [6.07, 6.45) is 0. The van der Waals surface area contributed by atoms with Crippen LogP contribution >= 0.6 is 15.9 Å². The van der Waals surface area contributed by atoms with Crippen LogP contribution in [0.25, 0.3) is 0 Å². The Kier molecular flexibility index (Phi) is 3.62. The van der Waals surface area contributed by atoms with E-state index < -0.39 is 11.7 Å². The van der Waals surface area contributed by atoms with Gasteiger partial charge in [0.25, 0.3) is 5.91 Å². The van der Waals surface area contributed by atoms with E-state index in [4.69, 9.17) is 5.73 Å². The predicted molar refractivity (Wildman–Crippen MR) is 72.9 cm³/mol. The zero-order chi connectivity index (χ0) is 13.1. The van der Waals surface area contributed by atoms with Gasteiger partial charge < -0.3 is 11.1 Å². The van der Waals surface area contributed by atoms with Crippen LogP contribution in [0.4, 0.5) is 15.8 Å². The topological polar surface area (TPSA) is 55.1 Å². The van der Waals surface area contributed by atoms with E-state index in [1.807, 2.05) is 0 Å². The van der Waals surface area contributed by atoms with E-state index >= 15 is 0 Å². The highest BCUT2D eigenvalue weighted by Crippen LogP contribution is 2.21. The van der Waals surface area contributed by atoms with Gasteiger partial charge in [0.1, 0.15) is 5.82 Å². The van der Waals surface area contributed by atoms with Gasteiger partial charge in [-0.1, -0.05) is 12.1 Å². The quantitative estimate of drug-likeness (QED) is 0.835. The van der Waals surface area contributed by atoms with Crippen LogP contribution in [0.15, 0.2) is 46.9 Å². The van der Waals surface area contributed by atoms with Crippen LogP contribution in [0.2, 0.25) is 0 Å². The number of hydrogen-bond acceptors (Lipinski definition) is 2. The van der Waals surface area contributed by atoms with Crippen molar-refractivity contribution in [3.63, 3.8) is 0 Å². The second-order valence-electron chi connectivity index (χ2n) is 3.68. The molecule has 18 heavy (non-hydrogen) atoms. The van der Waals surface area contributed by atoms with E-state index in [2.05, 4.69) is 21.2 Å². The molecule has 0 radical (unpaired) electrons. The van der Waals surface area contributed by atoms with Crippen LogP contribution in [-0.4, -0.2) is 5.91 Å². The number of halogens is 2. The molecule has 0 aliphatic rings. The third-order valence-corrected chi connectivity index (χ3v) is 3.00. The zero-order valence-electron chi connectivity index (χ0n) is 9.28. The number of benzene rings is 2. The molecular weight excluding hydrogens is 299 g/mol.